The van der Waals surface area contributed by atoms with Gasteiger partial charge in [0.1, 0.15) is 69.7 Å². The molecule has 0 spiro atoms. The van der Waals surface area contributed by atoms with Gasteiger partial charge in [0.25, 0.3) is 0 Å². The molecule has 0 amide bonds. The Hall–Kier alpha value is -6.14. The second kappa shape index (κ2) is 11.7. The molecule has 294 valence electrons. The molecule has 4 fully saturated rings. The van der Waals surface area contributed by atoms with E-state index in [2.05, 4.69) is 9.47 Å². The van der Waals surface area contributed by atoms with Gasteiger partial charge in [-0.15, -0.1) is 0 Å². The Morgan fingerprint density at radius 2 is 0.964 bits per heavy atom. The van der Waals surface area contributed by atoms with Gasteiger partial charge in [-0.05, 0) is 52.0 Å². The molecule has 2 aliphatic carbocycles. The minimum atomic E-state index is -1.87. The number of phenols is 2. The Morgan fingerprint density at radius 3 is 1.30 bits per heavy atom. The van der Waals surface area contributed by atoms with Gasteiger partial charge in [0.05, 0.1) is 25.4 Å². The summed E-state index contributed by atoms with van der Waals surface area (Å²) < 4.78 is 44.1. The summed E-state index contributed by atoms with van der Waals surface area (Å²) in [6.45, 7) is 5.79. The van der Waals surface area contributed by atoms with Crippen LogP contribution in [0.3, 0.4) is 0 Å². The number of aliphatic hydroxyl groups is 2. The summed E-state index contributed by atoms with van der Waals surface area (Å²) in [5.41, 5.74) is -8.24. The monoisotopic (exact) mass is 778 g/mol. The predicted octanol–water partition coefficient (Wildman–Crippen LogP) is 2.04. The van der Waals surface area contributed by atoms with Crippen LogP contribution in [0.15, 0.2) is 35.4 Å². The first kappa shape index (κ1) is 36.8. The number of hydrogen-bond donors (Lipinski definition) is 4. The van der Waals surface area contributed by atoms with E-state index in [4.69, 9.17) is 28.4 Å². The van der Waals surface area contributed by atoms with E-state index in [0.29, 0.717) is 0 Å². The Bertz CT molecular complexity index is 2150. The summed E-state index contributed by atoms with van der Waals surface area (Å²) in [6.07, 6.45) is -6.54. The lowest BCUT2D eigenvalue weighted by atomic mass is 9.70. The Balaban J connectivity index is 1.18. The maximum atomic E-state index is 13.7. The minimum absolute atomic E-state index is 0.131. The molecule has 8 unspecified atom stereocenters. The smallest absolute Gasteiger partial charge is 0.317 e. The van der Waals surface area contributed by atoms with Crippen molar-refractivity contribution in [3.05, 3.63) is 46.5 Å². The highest BCUT2D eigenvalue weighted by molar-refractivity contribution is 6.12. The molecule has 2 aromatic carbocycles. The number of Topliss-reactive ketones (excluding diaryl/α,β-unsaturated/α-hetero) is 2. The van der Waals surface area contributed by atoms with Crippen LogP contribution < -0.4 is 9.47 Å². The van der Waals surface area contributed by atoms with Crippen LogP contribution in [0.2, 0.25) is 0 Å². The first-order valence-corrected chi connectivity index (χ1v) is 17.2. The number of carbonyl (C=O) groups is 6. The second-order valence-corrected chi connectivity index (χ2v) is 14.9. The number of hydrogen-bond acceptors (Lipinski definition) is 18. The molecule has 2 saturated carbocycles. The highest BCUT2D eigenvalue weighted by Crippen LogP contribution is 2.61. The van der Waals surface area contributed by atoms with Crippen molar-refractivity contribution in [1.82, 2.24) is 0 Å². The summed E-state index contributed by atoms with van der Waals surface area (Å²) in [7, 11) is 2.18. The molecular formula is C38H34O18. The molecule has 4 heterocycles. The van der Waals surface area contributed by atoms with Crippen LogP contribution in [0.1, 0.15) is 51.7 Å². The zero-order valence-electron chi connectivity index (χ0n) is 30.5. The van der Waals surface area contributed by atoms with Gasteiger partial charge in [0.2, 0.25) is 0 Å². The Morgan fingerprint density at radius 1 is 0.607 bits per heavy atom. The van der Waals surface area contributed by atoms with Crippen LogP contribution in [0.25, 0.3) is 22.6 Å². The average Bonchev–Trinajstić information content (AvgIpc) is 4.03. The maximum absolute atomic E-state index is 13.7. The standard InChI is InChI=1S/C38H34O18/c1-35-23(29(47)31-37(3,55-31)33(35)51-19(41)11-17(39)49-5)27(45)21-15(53-35)9-7-13(25(21)43)14-8-10-16-22(26(14)44)28(46)24-30(48)32-38(4,56-32)34(36(24,2)54-16)52-20(42)12-18(40)50-6/h7-10,31-34,43-46H,11-12H2,1-6H3. The molecular weight excluding hydrogens is 744 g/mol. The molecule has 0 aromatic heterocycles. The van der Waals surface area contributed by atoms with Crippen LogP contribution in [0, 0.1) is 0 Å². The van der Waals surface area contributed by atoms with Gasteiger partial charge in [-0.1, -0.05) is 0 Å². The number of methoxy groups -OCH3 is 2. The predicted molar refractivity (Wildman–Crippen MR) is 182 cm³/mol. The average molecular weight is 779 g/mol. The first-order valence-electron chi connectivity index (χ1n) is 17.2. The lowest BCUT2D eigenvalue weighted by molar-refractivity contribution is -0.171. The number of rotatable bonds is 7. The number of fused-ring (bicyclic) bond motifs is 6. The summed E-state index contributed by atoms with van der Waals surface area (Å²) in [6, 6.07) is 5.25. The minimum Gasteiger partial charge on any atom is -0.506 e. The highest BCUT2D eigenvalue weighted by atomic mass is 16.7. The van der Waals surface area contributed by atoms with Crippen LogP contribution >= 0.6 is 0 Å². The quantitative estimate of drug-likeness (QED) is 0.136. The number of carbonyl (C=O) groups excluding carboxylic acids is 6. The zero-order chi connectivity index (χ0) is 40.6. The molecule has 18 heteroatoms. The lowest BCUT2D eigenvalue weighted by Crippen LogP contribution is -2.62. The highest BCUT2D eigenvalue weighted by Gasteiger charge is 2.77. The van der Waals surface area contributed by atoms with Crippen molar-refractivity contribution in [1.29, 1.82) is 0 Å². The van der Waals surface area contributed by atoms with Gasteiger partial charge in [0.15, 0.2) is 47.2 Å². The molecule has 2 saturated heterocycles. The Labute approximate surface area is 316 Å². The lowest BCUT2D eigenvalue weighted by Gasteiger charge is -2.45. The molecule has 18 nitrogen and oxygen atoms in total. The third-order valence-corrected chi connectivity index (χ3v) is 11.4. The number of phenolic OH excluding ortho intramolecular Hbond substituents is 2. The summed E-state index contributed by atoms with van der Waals surface area (Å²) in [5, 5.41) is 46.8. The van der Waals surface area contributed by atoms with Crippen molar-refractivity contribution in [3.8, 4) is 34.1 Å². The van der Waals surface area contributed by atoms with E-state index < -0.39 is 118 Å². The van der Waals surface area contributed by atoms with E-state index in [9.17, 15) is 49.2 Å². The third kappa shape index (κ3) is 4.81. The molecule has 8 atom stereocenters. The molecule has 6 aliphatic rings. The van der Waals surface area contributed by atoms with Crippen molar-refractivity contribution in [2.75, 3.05) is 14.2 Å². The van der Waals surface area contributed by atoms with Crippen molar-refractivity contribution in [2.45, 2.75) is 87.4 Å². The van der Waals surface area contributed by atoms with Crippen molar-refractivity contribution in [3.63, 3.8) is 0 Å². The van der Waals surface area contributed by atoms with Gasteiger partial charge < -0.3 is 58.3 Å². The van der Waals surface area contributed by atoms with Gasteiger partial charge >= 0.3 is 23.9 Å². The summed E-state index contributed by atoms with van der Waals surface area (Å²) in [4.78, 5) is 76.3. The number of ether oxygens (including phenoxy) is 8. The van der Waals surface area contributed by atoms with Crippen LogP contribution in [0.5, 0.6) is 23.0 Å². The largest absolute Gasteiger partial charge is 0.506 e. The third-order valence-electron chi connectivity index (χ3n) is 11.4. The van der Waals surface area contributed by atoms with E-state index >= 15 is 0 Å². The molecule has 8 rings (SSSR count). The number of ketones is 2. The second-order valence-electron chi connectivity index (χ2n) is 14.9. The van der Waals surface area contributed by atoms with E-state index in [0.717, 1.165) is 14.2 Å². The number of epoxide rings is 2. The maximum Gasteiger partial charge on any atom is 0.317 e. The van der Waals surface area contributed by atoms with Crippen molar-refractivity contribution in [2.24, 2.45) is 0 Å². The molecule has 4 aliphatic heterocycles. The van der Waals surface area contributed by atoms with E-state index in [1.165, 1.54) is 52.0 Å². The first-order chi connectivity index (χ1) is 26.3. The van der Waals surface area contributed by atoms with Gasteiger partial charge in [-0.3, -0.25) is 28.8 Å². The van der Waals surface area contributed by atoms with Crippen LogP contribution in [-0.4, -0.2) is 117 Å². The fourth-order valence-corrected chi connectivity index (χ4v) is 8.59. The topological polar surface area (TPSA) is 264 Å². The summed E-state index contributed by atoms with van der Waals surface area (Å²) in [5.74, 6) is -8.33. The molecule has 2 aromatic rings. The van der Waals surface area contributed by atoms with Crippen molar-refractivity contribution < 1.29 is 87.1 Å². The van der Waals surface area contributed by atoms with E-state index in [1.807, 2.05) is 0 Å². The molecule has 56 heavy (non-hydrogen) atoms. The number of benzene rings is 2. The van der Waals surface area contributed by atoms with Crippen LogP contribution in [-0.2, 0) is 57.2 Å². The fraction of sp³-hybridized carbons (Fsp3) is 0.421. The number of aromatic hydroxyl groups is 2. The SMILES string of the molecule is COC(=O)CC(=O)OC1C2(C)Oc3ccc(-c4ccc5c(c4O)C(O)=C4C(=O)C6OC6(C)C(OC(=O)CC(=O)OC)C4(C)O5)c(O)c3C(O)=C2C(=O)C2OC21C. The normalized spacial score (nSPS) is 32.8. The number of esters is 4. The van der Waals surface area contributed by atoms with Gasteiger partial charge in [-0.25, -0.2) is 0 Å². The number of aliphatic hydroxyl groups excluding tert-OH is 2. The summed E-state index contributed by atoms with van der Waals surface area (Å²) >= 11 is 0. The zero-order valence-corrected chi connectivity index (χ0v) is 30.5. The van der Waals surface area contributed by atoms with Crippen LogP contribution in [0.4, 0.5) is 0 Å². The Kier molecular flexibility index (Phi) is 7.68. The molecule has 0 bridgehead atoms. The van der Waals surface area contributed by atoms with E-state index in [1.54, 1.807) is 0 Å². The van der Waals surface area contributed by atoms with E-state index in [-0.39, 0.29) is 44.9 Å². The van der Waals surface area contributed by atoms with Crippen molar-refractivity contribution >= 4 is 47.0 Å². The fourth-order valence-electron chi connectivity index (χ4n) is 8.59. The van der Waals surface area contributed by atoms with Gasteiger partial charge in [0, 0.05) is 11.1 Å². The van der Waals surface area contributed by atoms with Gasteiger partial charge in [-0.2, -0.15) is 0 Å². The molecule has 0 radical (unpaired) electrons. The molecule has 4 N–H and O–H groups in total.